The maximum atomic E-state index is 10.1. The molecule has 1 aromatic carbocycles. The van der Waals surface area contributed by atoms with Crippen LogP contribution in [-0.2, 0) is 4.74 Å². The van der Waals surface area contributed by atoms with E-state index in [1.165, 1.54) is 0 Å². The van der Waals surface area contributed by atoms with Crippen molar-refractivity contribution in [2.24, 2.45) is 0 Å². The van der Waals surface area contributed by atoms with Crippen molar-refractivity contribution >= 4 is 0 Å². The van der Waals surface area contributed by atoms with Crippen LogP contribution in [-0.4, -0.2) is 31.7 Å². The molecule has 92 valence electrons. The minimum atomic E-state index is -0.564. The van der Waals surface area contributed by atoms with E-state index < -0.39 is 6.10 Å². The number of aliphatic hydroxyl groups is 1. The van der Waals surface area contributed by atoms with Crippen LogP contribution in [0.4, 0.5) is 0 Å². The summed E-state index contributed by atoms with van der Waals surface area (Å²) in [6, 6.07) is 3.57. The molecule has 2 aliphatic rings. The Morgan fingerprint density at radius 1 is 1.47 bits per heavy atom. The van der Waals surface area contributed by atoms with Gasteiger partial charge in [-0.25, -0.2) is 0 Å². The van der Waals surface area contributed by atoms with E-state index in [9.17, 15) is 5.11 Å². The normalized spacial score (nSPS) is 22.4. The lowest BCUT2D eigenvalue weighted by atomic mass is 10.0. The molecule has 0 radical (unpaired) electrons. The van der Waals surface area contributed by atoms with Crippen molar-refractivity contribution in [3.05, 3.63) is 17.7 Å². The van der Waals surface area contributed by atoms with Crippen LogP contribution in [0.1, 0.15) is 18.1 Å². The van der Waals surface area contributed by atoms with Gasteiger partial charge >= 0.3 is 0 Å². The van der Waals surface area contributed by atoms with Crippen LogP contribution in [0.2, 0.25) is 0 Å². The molecule has 0 saturated carbocycles. The van der Waals surface area contributed by atoms with Gasteiger partial charge in [-0.05, 0) is 17.7 Å². The molecule has 2 heterocycles. The summed E-state index contributed by atoms with van der Waals surface area (Å²) in [4.78, 5) is 0. The second-order valence-electron chi connectivity index (χ2n) is 4.16. The van der Waals surface area contributed by atoms with Crippen molar-refractivity contribution in [3.8, 4) is 17.2 Å². The number of rotatable bonds is 4. The lowest BCUT2D eigenvalue weighted by Crippen LogP contribution is -2.02. The van der Waals surface area contributed by atoms with Crippen LogP contribution in [0, 0.1) is 0 Å². The van der Waals surface area contributed by atoms with E-state index in [-0.39, 0.29) is 12.9 Å². The number of ether oxygens (including phenoxy) is 4. The molecule has 0 spiro atoms. The predicted molar refractivity (Wildman–Crippen MR) is 58.4 cm³/mol. The Balaban J connectivity index is 1.88. The molecular formula is C12H14O5. The summed E-state index contributed by atoms with van der Waals surface area (Å²) < 4.78 is 20.9. The Kier molecular flexibility index (Phi) is 2.57. The van der Waals surface area contributed by atoms with Crippen molar-refractivity contribution in [2.45, 2.75) is 18.6 Å². The van der Waals surface area contributed by atoms with E-state index in [1.54, 1.807) is 19.2 Å². The molecule has 0 bridgehead atoms. The average Bonchev–Trinajstić information content (AvgIpc) is 3.02. The number of epoxide rings is 1. The molecule has 5 heteroatoms. The summed E-state index contributed by atoms with van der Waals surface area (Å²) in [5.74, 6) is 1.81. The fraction of sp³-hybridized carbons (Fsp3) is 0.500. The fourth-order valence-corrected chi connectivity index (χ4v) is 1.93. The van der Waals surface area contributed by atoms with Crippen LogP contribution in [0.5, 0.6) is 17.2 Å². The first-order valence-electron chi connectivity index (χ1n) is 5.55. The van der Waals surface area contributed by atoms with Crippen LogP contribution < -0.4 is 14.2 Å². The molecule has 0 amide bonds. The van der Waals surface area contributed by atoms with Crippen LogP contribution in [0.15, 0.2) is 12.1 Å². The van der Waals surface area contributed by atoms with E-state index in [0.717, 1.165) is 12.2 Å². The molecular weight excluding hydrogens is 224 g/mol. The highest BCUT2D eigenvalue weighted by Crippen LogP contribution is 2.43. The Morgan fingerprint density at radius 3 is 3.00 bits per heavy atom. The van der Waals surface area contributed by atoms with Gasteiger partial charge in [0.25, 0.3) is 0 Å². The summed E-state index contributed by atoms with van der Waals surface area (Å²) in [6.07, 6.45) is 0.218. The first-order valence-corrected chi connectivity index (χ1v) is 5.55. The van der Waals surface area contributed by atoms with Crippen LogP contribution in [0.25, 0.3) is 0 Å². The molecule has 0 aromatic heterocycles. The van der Waals surface area contributed by atoms with Gasteiger partial charge in [-0.15, -0.1) is 0 Å². The molecule has 3 rings (SSSR count). The first kappa shape index (κ1) is 10.7. The van der Waals surface area contributed by atoms with Gasteiger partial charge < -0.3 is 24.1 Å². The number of aliphatic hydroxyl groups excluding tert-OH is 1. The molecule has 2 aliphatic heterocycles. The molecule has 0 unspecified atom stereocenters. The van der Waals surface area contributed by atoms with Crippen molar-refractivity contribution in [2.75, 3.05) is 20.5 Å². The number of methoxy groups -OCH3 is 1. The summed E-state index contributed by atoms with van der Waals surface area (Å²) in [7, 11) is 1.57. The molecule has 1 fully saturated rings. The lowest BCUT2D eigenvalue weighted by molar-refractivity contribution is 0.153. The summed E-state index contributed by atoms with van der Waals surface area (Å²) in [5.41, 5.74) is 0.765. The van der Waals surface area contributed by atoms with Gasteiger partial charge in [-0.1, -0.05) is 0 Å². The minimum absolute atomic E-state index is 0.182. The van der Waals surface area contributed by atoms with E-state index in [0.29, 0.717) is 23.7 Å². The van der Waals surface area contributed by atoms with Crippen molar-refractivity contribution in [1.29, 1.82) is 0 Å². The monoisotopic (exact) mass is 238 g/mol. The molecule has 2 atom stereocenters. The lowest BCUT2D eigenvalue weighted by Gasteiger charge is -2.12. The smallest absolute Gasteiger partial charge is 0.231 e. The highest BCUT2D eigenvalue weighted by atomic mass is 16.7. The fourth-order valence-electron chi connectivity index (χ4n) is 1.93. The van der Waals surface area contributed by atoms with Gasteiger partial charge in [0.1, 0.15) is 0 Å². The Labute approximate surface area is 98.9 Å². The van der Waals surface area contributed by atoms with E-state index in [4.69, 9.17) is 18.9 Å². The van der Waals surface area contributed by atoms with Gasteiger partial charge in [-0.2, -0.15) is 0 Å². The van der Waals surface area contributed by atoms with E-state index >= 15 is 0 Å². The summed E-state index contributed by atoms with van der Waals surface area (Å²) in [6.45, 7) is 0.926. The average molecular weight is 238 g/mol. The highest BCUT2D eigenvalue weighted by Gasteiger charge is 2.28. The van der Waals surface area contributed by atoms with Gasteiger partial charge in [0.15, 0.2) is 11.5 Å². The Bertz CT molecular complexity index is 427. The first-order chi connectivity index (χ1) is 8.28. The molecule has 17 heavy (non-hydrogen) atoms. The molecule has 1 saturated heterocycles. The zero-order valence-electron chi connectivity index (χ0n) is 9.51. The topological polar surface area (TPSA) is 60.5 Å². The molecule has 0 aliphatic carbocycles. The SMILES string of the molecule is COc1cc([C@@H](O)C[C@H]2CO2)cc2c1OCO2. The second kappa shape index (κ2) is 4.09. The third-order valence-electron chi connectivity index (χ3n) is 2.95. The number of benzene rings is 1. The zero-order chi connectivity index (χ0) is 11.8. The maximum Gasteiger partial charge on any atom is 0.231 e. The standard InChI is InChI=1S/C12H14O5/c1-14-10-2-7(9(13)4-8-5-15-8)3-11-12(10)17-6-16-11/h2-3,8-9,13H,4-6H2,1H3/t8-,9-/m0/s1. The molecule has 1 aromatic rings. The summed E-state index contributed by atoms with van der Waals surface area (Å²) >= 11 is 0. The number of fused-ring (bicyclic) bond motifs is 1. The quantitative estimate of drug-likeness (QED) is 0.800. The minimum Gasteiger partial charge on any atom is -0.493 e. The van der Waals surface area contributed by atoms with Crippen LogP contribution in [0.3, 0.4) is 0 Å². The van der Waals surface area contributed by atoms with Gasteiger partial charge in [0.2, 0.25) is 12.5 Å². The van der Waals surface area contributed by atoms with Gasteiger partial charge in [-0.3, -0.25) is 0 Å². The zero-order valence-corrected chi connectivity index (χ0v) is 9.51. The van der Waals surface area contributed by atoms with E-state index in [2.05, 4.69) is 0 Å². The molecule has 1 N–H and O–H groups in total. The summed E-state index contributed by atoms with van der Waals surface area (Å²) in [5, 5.41) is 10.1. The Morgan fingerprint density at radius 2 is 2.29 bits per heavy atom. The molecule has 5 nitrogen and oxygen atoms in total. The highest BCUT2D eigenvalue weighted by molar-refractivity contribution is 5.55. The number of hydrogen-bond acceptors (Lipinski definition) is 5. The van der Waals surface area contributed by atoms with Crippen LogP contribution >= 0.6 is 0 Å². The van der Waals surface area contributed by atoms with E-state index in [1.807, 2.05) is 0 Å². The van der Waals surface area contributed by atoms with Gasteiger partial charge in [0.05, 0.1) is 25.9 Å². The van der Waals surface area contributed by atoms with Crippen molar-refractivity contribution in [3.63, 3.8) is 0 Å². The van der Waals surface area contributed by atoms with Gasteiger partial charge in [0, 0.05) is 6.42 Å². The Hall–Kier alpha value is -1.46. The third-order valence-corrected chi connectivity index (χ3v) is 2.95. The predicted octanol–water partition coefficient (Wildman–Crippen LogP) is 1.25. The largest absolute Gasteiger partial charge is 0.493 e. The number of hydrogen-bond donors (Lipinski definition) is 1. The second-order valence-corrected chi connectivity index (χ2v) is 4.16. The third kappa shape index (κ3) is 2.03. The van der Waals surface area contributed by atoms with Crippen molar-refractivity contribution < 1.29 is 24.1 Å². The van der Waals surface area contributed by atoms with Crippen molar-refractivity contribution in [1.82, 2.24) is 0 Å². The maximum absolute atomic E-state index is 10.1.